The van der Waals surface area contributed by atoms with Crippen LogP contribution in [0.2, 0.25) is 5.02 Å². The van der Waals surface area contributed by atoms with Gasteiger partial charge in [0.1, 0.15) is 12.2 Å². The molecule has 0 aliphatic carbocycles. The summed E-state index contributed by atoms with van der Waals surface area (Å²) in [7, 11) is -4.18. The van der Waals surface area contributed by atoms with Crippen LogP contribution < -0.4 is 4.90 Å². The van der Waals surface area contributed by atoms with E-state index in [0.717, 1.165) is 15.6 Å². The summed E-state index contributed by atoms with van der Waals surface area (Å²) in [6, 6.07) is 31.3. The van der Waals surface area contributed by atoms with Gasteiger partial charge in [0, 0.05) is 10.7 Å². The van der Waals surface area contributed by atoms with E-state index in [1.165, 1.54) is 0 Å². The summed E-state index contributed by atoms with van der Waals surface area (Å²) in [5.74, 6) is -0.513. The van der Waals surface area contributed by atoms with Crippen LogP contribution >= 0.6 is 11.6 Å². The van der Waals surface area contributed by atoms with Crippen molar-refractivity contribution < 1.29 is 13.2 Å². The molecule has 0 spiro atoms. The number of para-hydroxylation sites is 1. The smallest absolute Gasteiger partial charge is 0.268 e. The van der Waals surface area contributed by atoms with Crippen LogP contribution in [0.3, 0.4) is 0 Å². The Hall–Kier alpha value is -3.61. The van der Waals surface area contributed by atoms with Gasteiger partial charge in [0.05, 0.1) is 4.90 Å². The SMILES string of the molecule is Cc1ccc(S(=O)(=O)N2C(=O)[C@H](c3ccccc3)N(c3ccccc3)[C@H]2c2ccc(Cl)cc2)cc1. The fraction of sp³-hybridized carbons (Fsp3) is 0.107. The van der Waals surface area contributed by atoms with Crippen LogP contribution in [0.15, 0.2) is 114 Å². The van der Waals surface area contributed by atoms with Gasteiger partial charge < -0.3 is 4.90 Å². The molecular formula is C28H23ClN2O3S. The number of halogens is 1. The zero-order valence-electron chi connectivity index (χ0n) is 19.0. The van der Waals surface area contributed by atoms with E-state index in [4.69, 9.17) is 11.6 Å². The number of nitrogens with zero attached hydrogens (tertiary/aromatic N) is 2. The monoisotopic (exact) mass is 502 g/mol. The largest absolute Gasteiger partial charge is 0.330 e. The number of amides is 1. The van der Waals surface area contributed by atoms with E-state index in [0.29, 0.717) is 16.1 Å². The van der Waals surface area contributed by atoms with Crippen molar-refractivity contribution in [2.75, 3.05) is 4.90 Å². The first-order valence-electron chi connectivity index (χ1n) is 11.2. The van der Waals surface area contributed by atoms with Gasteiger partial charge in [-0.15, -0.1) is 0 Å². The second-order valence-corrected chi connectivity index (χ2v) is 10.7. The second kappa shape index (κ2) is 9.21. The summed E-state index contributed by atoms with van der Waals surface area (Å²) < 4.78 is 29.0. The highest BCUT2D eigenvalue weighted by Crippen LogP contribution is 2.47. The van der Waals surface area contributed by atoms with Crippen LogP contribution in [0, 0.1) is 6.92 Å². The van der Waals surface area contributed by atoms with Gasteiger partial charge in [0.25, 0.3) is 15.9 Å². The maximum Gasteiger partial charge on any atom is 0.268 e. The summed E-state index contributed by atoms with van der Waals surface area (Å²) in [6.45, 7) is 1.89. The lowest BCUT2D eigenvalue weighted by atomic mass is 10.0. The topological polar surface area (TPSA) is 57.7 Å². The molecule has 1 aliphatic heterocycles. The number of carbonyl (C=O) groups excluding carboxylic acids is 1. The van der Waals surface area contributed by atoms with Crippen LogP contribution in [0.5, 0.6) is 0 Å². The first kappa shape index (κ1) is 23.1. The Morgan fingerprint density at radius 2 is 1.29 bits per heavy atom. The molecule has 5 nitrogen and oxygen atoms in total. The van der Waals surface area contributed by atoms with Crippen molar-refractivity contribution in [2.24, 2.45) is 0 Å². The number of hydrogen-bond donors (Lipinski definition) is 0. The van der Waals surface area contributed by atoms with Gasteiger partial charge in [-0.05, 0) is 54.4 Å². The van der Waals surface area contributed by atoms with Crippen LogP contribution in [0.25, 0.3) is 0 Å². The number of aryl methyl sites for hydroxylation is 1. The molecule has 0 unspecified atom stereocenters. The molecule has 5 rings (SSSR count). The van der Waals surface area contributed by atoms with Gasteiger partial charge in [0.2, 0.25) is 0 Å². The molecule has 1 fully saturated rings. The van der Waals surface area contributed by atoms with E-state index < -0.39 is 28.1 Å². The van der Waals surface area contributed by atoms with E-state index in [9.17, 15) is 13.2 Å². The van der Waals surface area contributed by atoms with E-state index in [-0.39, 0.29) is 4.90 Å². The molecular weight excluding hydrogens is 480 g/mol. The third-order valence-corrected chi connectivity index (χ3v) is 8.15. The first-order valence-corrected chi connectivity index (χ1v) is 13.0. The molecule has 0 aromatic heterocycles. The van der Waals surface area contributed by atoms with Crippen molar-refractivity contribution in [3.05, 3.63) is 131 Å². The molecule has 0 N–H and O–H groups in total. The lowest BCUT2D eigenvalue weighted by Gasteiger charge is -2.33. The molecule has 0 radical (unpaired) electrons. The highest BCUT2D eigenvalue weighted by atomic mass is 35.5. The molecule has 2 atom stereocenters. The van der Waals surface area contributed by atoms with Gasteiger partial charge >= 0.3 is 0 Å². The molecule has 0 bridgehead atoms. The number of anilines is 1. The van der Waals surface area contributed by atoms with Crippen LogP contribution in [0.1, 0.15) is 28.9 Å². The van der Waals surface area contributed by atoms with Crippen molar-refractivity contribution in [1.29, 1.82) is 0 Å². The van der Waals surface area contributed by atoms with Crippen molar-refractivity contribution in [3.63, 3.8) is 0 Å². The van der Waals surface area contributed by atoms with Gasteiger partial charge in [-0.2, -0.15) is 0 Å². The quantitative estimate of drug-likeness (QED) is 0.329. The molecule has 176 valence electrons. The minimum absolute atomic E-state index is 0.0668. The Morgan fingerprint density at radius 3 is 1.89 bits per heavy atom. The third-order valence-electron chi connectivity index (χ3n) is 6.13. The molecule has 4 aromatic carbocycles. The van der Waals surface area contributed by atoms with Gasteiger partial charge in [-0.25, -0.2) is 12.7 Å². The highest BCUT2D eigenvalue weighted by molar-refractivity contribution is 7.89. The normalized spacial score (nSPS) is 18.2. The molecule has 4 aromatic rings. The lowest BCUT2D eigenvalue weighted by molar-refractivity contribution is -0.125. The van der Waals surface area contributed by atoms with Crippen LogP contribution in [0.4, 0.5) is 5.69 Å². The molecule has 7 heteroatoms. The summed E-state index contributed by atoms with van der Waals surface area (Å²) >= 11 is 6.15. The van der Waals surface area contributed by atoms with E-state index in [1.54, 1.807) is 48.5 Å². The number of rotatable bonds is 5. The Balaban J connectivity index is 1.76. The van der Waals surface area contributed by atoms with Crippen LogP contribution in [-0.4, -0.2) is 18.6 Å². The Labute approximate surface area is 210 Å². The minimum Gasteiger partial charge on any atom is -0.330 e. The average molecular weight is 503 g/mol. The minimum atomic E-state index is -4.18. The third kappa shape index (κ3) is 4.20. The van der Waals surface area contributed by atoms with Crippen molar-refractivity contribution in [2.45, 2.75) is 24.0 Å². The Bertz CT molecular complexity index is 1440. The first-order chi connectivity index (χ1) is 16.9. The number of hydrogen-bond acceptors (Lipinski definition) is 4. The number of benzene rings is 4. The Morgan fingerprint density at radius 1 is 0.714 bits per heavy atom. The second-order valence-electron chi connectivity index (χ2n) is 8.43. The zero-order valence-corrected chi connectivity index (χ0v) is 20.5. The van der Waals surface area contributed by atoms with E-state index in [1.807, 2.05) is 72.5 Å². The fourth-order valence-electron chi connectivity index (χ4n) is 4.45. The lowest BCUT2D eigenvalue weighted by Crippen LogP contribution is -2.37. The molecule has 1 saturated heterocycles. The van der Waals surface area contributed by atoms with Gasteiger partial charge in [0.15, 0.2) is 0 Å². The van der Waals surface area contributed by atoms with Gasteiger partial charge in [-0.3, -0.25) is 4.79 Å². The maximum atomic E-state index is 14.1. The Kier molecular flexibility index (Phi) is 6.09. The molecule has 1 heterocycles. The molecule has 1 aliphatic rings. The van der Waals surface area contributed by atoms with Crippen molar-refractivity contribution in [3.8, 4) is 0 Å². The maximum absolute atomic E-state index is 14.1. The van der Waals surface area contributed by atoms with Crippen molar-refractivity contribution in [1.82, 2.24) is 4.31 Å². The predicted molar refractivity (Wildman–Crippen MR) is 138 cm³/mol. The molecule has 35 heavy (non-hydrogen) atoms. The predicted octanol–water partition coefficient (Wildman–Crippen LogP) is 6.13. The standard InChI is InChI=1S/C28H23ClN2O3S/c1-20-12-18-25(19-13-20)35(33,34)31-27(22-14-16-23(29)17-15-22)30(24-10-6-3-7-11-24)26(28(31)32)21-8-4-2-5-9-21/h2-19,26-27H,1H3/t26-,27+/m0/s1. The summed E-state index contributed by atoms with van der Waals surface area (Å²) in [5, 5.41) is 0.525. The van der Waals surface area contributed by atoms with E-state index in [2.05, 4.69) is 0 Å². The van der Waals surface area contributed by atoms with E-state index >= 15 is 0 Å². The van der Waals surface area contributed by atoms with Gasteiger partial charge in [-0.1, -0.05) is 90.0 Å². The van der Waals surface area contributed by atoms with Crippen molar-refractivity contribution >= 4 is 33.2 Å². The summed E-state index contributed by atoms with van der Waals surface area (Å²) in [5.41, 5.74) is 3.01. The fourth-order valence-corrected chi connectivity index (χ4v) is 6.10. The number of sulfonamides is 1. The molecule has 1 amide bonds. The number of carbonyl (C=O) groups is 1. The summed E-state index contributed by atoms with van der Waals surface area (Å²) in [4.78, 5) is 16.0. The summed E-state index contributed by atoms with van der Waals surface area (Å²) in [6.07, 6.45) is -0.904. The highest BCUT2D eigenvalue weighted by Gasteiger charge is 2.53. The molecule has 0 saturated carbocycles. The van der Waals surface area contributed by atoms with Crippen LogP contribution in [-0.2, 0) is 14.8 Å². The average Bonchev–Trinajstić information content (AvgIpc) is 3.19. The zero-order chi connectivity index (χ0) is 24.6.